The molecule has 0 amide bonds. The summed E-state index contributed by atoms with van der Waals surface area (Å²) in [5, 5.41) is 21.1. The fourth-order valence-corrected chi connectivity index (χ4v) is 3.24. The Morgan fingerprint density at radius 3 is 2.42 bits per heavy atom. The number of carbonyl (C=O) groups excluding carboxylic acids is 1. The molecule has 0 bridgehead atoms. The van der Waals surface area contributed by atoms with Crippen LogP contribution in [0.4, 0.5) is 0 Å². The van der Waals surface area contributed by atoms with Crippen molar-refractivity contribution in [2.75, 3.05) is 13.2 Å². The lowest BCUT2D eigenvalue weighted by Crippen LogP contribution is -2.26. The molecule has 2 unspecified atom stereocenters. The predicted octanol–water partition coefficient (Wildman–Crippen LogP) is 4.49. The molecule has 0 spiro atoms. The number of fused-ring (bicyclic) bond motifs is 1. The van der Waals surface area contributed by atoms with Gasteiger partial charge < -0.3 is 24.1 Å². The Bertz CT molecular complexity index is 978. The smallest absolute Gasteiger partial charge is 0.330 e. The molecule has 0 aliphatic carbocycles. The highest BCUT2D eigenvalue weighted by molar-refractivity contribution is 5.84. The monoisotopic (exact) mass is 424 g/mol. The Morgan fingerprint density at radius 2 is 1.71 bits per heavy atom. The summed E-state index contributed by atoms with van der Waals surface area (Å²) >= 11 is 0. The number of furan rings is 1. The van der Waals surface area contributed by atoms with E-state index in [4.69, 9.17) is 13.9 Å². The van der Waals surface area contributed by atoms with Gasteiger partial charge >= 0.3 is 5.97 Å². The lowest BCUT2D eigenvalue weighted by atomic mass is 10.0. The average Bonchev–Trinajstić information content (AvgIpc) is 3.23. The summed E-state index contributed by atoms with van der Waals surface area (Å²) in [6.45, 7) is 3.92. The minimum absolute atomic E-state index is 0.193. The van der Waals surface area contributed by atoms with Gasteiger partial charge in [-0.25, -0.2) is 4.79 Å². The molecular weight excluding hydrogens is 396 g/mol. The molecule has 0 saturated carbocycles. The van der Waals surface area contributed by atoms with Crippen LogP contribution in [0.5, 0.6) is 5.75 Å². The number of ether oxygens (including phenoxy) is 2. The van der Waals surface area contributed by atoms with Crippen molar-refractivity contribution in [3.05, 3.63) is 67.3 Å². The van der Waals surface area contributed by atoms with E-state index >= 15 is 0 Å². The zero-order chi connectivity index (χ0) is 22.1. The first-order chi connectivity index (χ1) is 15.1. The van der Waals surface area contributed by atoms with E-state index in [-0.39, 0.29) is 6.61 Å². The molecule has 6 heteroatoms. The Balaban J connectivity index is 1.41. The summed E-state index contributed by atoms with van der Waals surface area (Å²) in [4.78, 5) is 10.9. The van der Waals surface area contributed by atoms with Crippen molar-refractivity contribution in [2.45, 2.75) is 37.9 Å². The van der Waals surface area contributed by atoms with E-state index in [1.165, 1.54) is 0 Å². The fourth-order valence-electron chi connectivity index (χ4n) is 3.24. The highest BCUT2D eigenvalue weighted by atomic mass is 16.5. The molecule has 1 aromatic heterocycles. The van der Waals surface area contributed by atoms with E-state index in [0.29, 0.717) is 38.0 Å². The van der Waals surface area contributed by atoms with Crippen molar-refractivity contribution >= 4 is 16.9 Å². The second-order valence-electron chi connectivity index (χ2n) is 7.32. The van der Waals surface area contributed by atoms with Crippen LogP contribution in [-0.4, -0.2) is 41.6 Å². The molecule has 2 N–H and O–H groups in total. The SMILES string of the molecule is C=CC(=O)OCCCC(O)C(O)CCCOc1ccc2cc(-c3ccccc3)oc2c1. The quantitative estimate of drug-likeness (QED) is 0.253. The topological polar surface area (TPSA) is 89.1 Å². The second-order valence-corrected chi connectivity index (χ2v) is 7.32. The third kappa shape index (κ3) is 6.70. The molecular formula is C25H28O6. The van der Waals surface area contributed by atoms with Crippen LogP contribution in [0.1, 0.15) is 25.7 Å². The largest absolute Gasteiger partial charge is 0.493 e. The molecule has 0 aliphatic heterocycles. The summed E-state index contributed by atoms with van der Waals surface area (Å²) < 4.78 is 16.6. The first kappa shape index (κ1) is 22.6. The maximum Gasteiger partial charge on any atom is 0.330 e. The molecule has 0 radical (unpaired) electrons. The van der Waals surface area contributed by atoms with E-state index in [0.717, 1.165) is 28.4 Å². The summed E-state index contributed by atoms with van der Waals surface area (Å²) in [6.07, 6.45) is 1.22. The molecule has 0 saturated heterocycles. The molecule has 2 aromatic carbocycles. The van der Waals surface area contributed by atoms with E-state index in [9.17, 15) is 15.0 Å². The number of aliphatic hydroxyl groups is 2. The van der Waals surface area contributed by atoms with Crippen LogP contribution in [0.2, 0.25) is 0 Å². The highest BCUT2D eigenvalue weighted by Gasteiger charge is 2.16. The Hall–Kier alpha value is -3.09. The van der Waals surface area contributed by atoms with Gasteiger partial charge in [-0.1, -0.05) is 36.9 Å². The third-order valence-electron chi connectivity index (χ3n) is 4.96. The number of esters is 1. The molecule has 2 atom stereocenters. The van der Waals surface area contributed by atoms with Crippen LogP contribution < -0.4 is 4.74 Å². The molecule has 164 valence electrons. The Kier molecular flexibility index (Phi) is 8.27. The number of rotatable bonds is 12. The van der Waals surface area contributed by atoms with Crippen molar-refractivity contribution in [3.8, 4) is 17.1 Å². The minimum Gasteiger partial charge on any atom is -0.493 e. The first-order valence-electron chi connectivity index (χ1n) is 10.4. The van der Waals surface area contributed by atoms with Gasteiger partial charge in [0.15, 0.2) is 0 Å². The minimum atomic E-state index is -0.863. The standard InChI is InChI=1S/C25H28O6/c1-2-25(28)30-15-7-11-22(27)21(26)10-6-14-29-20-13-12-19-16-23(31-24(19)17-20)18-8-4-3-5-9-18/h2-5,8-9,12-13,16-17,21-22,26-27H,1,6-7,10-11,14-15H2. The first-order valence-corrected chi connectivity index (χ1v) is 10.4. The Morgan fingerprint density at radius 1 is 1.00 bits per heavy atom. The molecule has 1 heterocycles. The van der Waals surface area contributed by atoms with Crippen molar-refractivity contribution < 1.29 is 28.9 Å². The van der Waals surface area contributed by atoms with Crippen LogP contribution in [0.15, 0.2) is 71.7 Å². The van der Waals surface area contributed by atoms with Crippen LogP contribution in [-0.2, 0) is 9.53 Å². The van der Waals surface area contributed by atoms with Gasteiger partial charge in [-0.3, -0.25) is 0 Å². The van der Waals surface area contributed by atoms with E-state index < -0.39 is 18.2 Å². The summed E-state index contributed by atoms with van der Waals surface area (Å²) in [6, 6.07) is 17.6. The second kappa shape index (κ2) is 11.3. The van der Waals surface area contributed by atoms with Gasteiger partial charge in [-0.15, -0.1) is 0 Å². The molecule has 0 aliphatic rings. The van der Waals surface area contributed by atoms with Crippen LogP contribution in [0, 0.1) is 0 Å². The molecule has 3 aromatic rings. The summed E-state index contributed by atoms with van der Waals surface area (Å²) in [7, 11) is 0. The van der Waals surface area contributed by atoms with Gasteiger partial charge in [0.2, 0.25) is 0 Å². The van der Waals surface area contributed by atoms with Gasteiger partial charge in [-0.05, 0) is 43.9 Å². The number of hydrogen-bond acceptors (Lipinski definition) is 6. The van der Waals surface area contributed by atoms with Crippen molar-refractivity contribution in [3.63, 3.8) is 0 Å². The average molecular weight is 424 g/mol. The van der Waals surface area contributed by atoms with Gasteiger partial charge in [0.25, 0.3) is 0 Å². The van der Waals surface area contributed by atoms with Crippen LogP contribution >= 0.6 is 0 Å². The van der Waals surface area contributed by atoms with Gasteiger partial charge in [-0.2, -0.15) is 0 Å². The van der Waals surface area contributed by atoms with Crippen molar-refractivity contribution in [1.82, 2.24) is 0 Å². The maximum atomic E-state index is 10.9. The fraction of sp³-hybridized carbons (Fsp3) is 0.320. The van der Waals surface area contributed by atoms with E-state index in [2.05, 4.69) is 6.58 Å². The number of aliphatic hydroxyl groups excluding tert-OH is 2. The molecule has 3 rings (SSSR count). The zero-order valence-electron chi connectivity index (χ0n) is 17.4. The number of carbonyl (C=O) groups is 1. The lowest BCUT2D eigenvalue weighted by molar-refractivity contribution is -0.138. The van der Waals surface area contributed by atoms with Crippen LogP contribution in [0.3, 0.4) is 0 Å². The van der Waals surface area contributed by atoms with Crippen LogP contribution in [0.25, 0.3) is 22.3 Å². The zero-order valence-corrected chi connectivity index (χ0v) is 17.4. The number of hydrogen-bond donors (Lipinski definition) is 2. The third-order valence-corrected chi connectivity index (χ3v) is 4.96. The van der Waals surface area contributed by atoms with Crippen molar-refractivity contribution in [2.24, 2.45) is 0 Å². The van der Waals surface area contributed by atoms with Gasteiger partial charge in [0.1, 0.15) is 17.1 Å². The lowest BCUT2D eigenvalue weighted by Gasteiger charge is -2.17. The maximum absolute atomic E-state index is 10.9. The summed E-state index contributed by atoms with van der Waals surface area (Å²) in [5.41, 5.74) is 1.77. The van der Waals surface area contributed by atoms with Gasteiger partial charge in [0.05, 0.1) is 25.4 Å². The van der Waals surface area contributed by atoms with E-state index in [1.807, 2.05) is 54.6 Å². The highest BCUT2D eigenvalue weighted by Crippen LogP contribution is 2.30. The van der Waals surface area contributed by atoms with Gasteiger partial charge in [0, 0.05) is 23.1 Å². The predicted molar refractivity (Wildman–Crippen MR) is 119 cm³/mol. The van der Waals surface area contributed by atoms with Crippen molar-refractivity contribution in [1.29, 1.82) is 0 Å². The number of benzene rings is 2. The normalized spacial score (nSPS) is 13.0. The van der Waals surface area contributed by atoms with E-state index in [1.54, 1.807) is 0 Å². The molecule has 31 heavy (non-hydrogen) atoms. The Labute approximate surface area is 181 Å². The molecule has 6 nitrogen and oxygen atoms in total. The molecule has 0 fully saturated rings. The summed E-state index contributed by atoms with van der Waals surface area (Å²) in [5.74, 6) is 1.01.